The molecular weight excluding hydrogens is 665 g/mol. The fourth-order valence-corrected chi connectivity index (χ4v) is 41.3. The van der Waals surface area contributed by atoms with Crippen LogP contribution >= 0.6 is 0 Å². The zero-order valence-electron chi connectivity index (χ0n) is 30.9. The van der Waals surface area contributed by atoms with E-state index in [0.29, 0.717) is 26.4 Å². The Balaban J connectivity index is 4.68. The monoisotopic (exact) mass is 734 g/mol. The topological polar surface area (TPSA) is 73.8 Å². The maximum Gasteiger partial charge on any atom is 0.315 e. The Morgan fingerprint density at radius 3 is 0.810 bits per heavy atom. The summed E-state index contributed by atoms with van der Waals surface area (Å²) in [5.41, 5.74) is 0. The lowest BCUT2D eigenvalue weighted by molar-refractivity contribution is 0.0474. The van der Waals surface area contributed by atoms with Crippen LogP contribution < -0.4 is 0 Å². The lowest BCUT2D eigenvalue weighted by atomic mass is 10.5. The molecule has 0 aromatic rings. The second kappa shape index (κ2) is 17.0. The normalized spacial score (nSPS) is 17.3. The van der Waals surface area contributed by atoms with Crippen LogP contribution in [0.5, 0.6) is 0 Å². The number of hydrogen-bond acceptors (Lipinski definition) is 8. The van der Waals surface area contributed by atoms with Crippen molar-refractivity contribution in [3.8, 4) is 0 Å². The van der Waals surface area contributed by atoms with Crippen LogP contribution in [-0.2, 0) is 34.2 Å². The molecule has 0 amide bonds. The van der Waals surface area contributed by atoms with Crippen molar-refractivity contribution < 1.29 is 34.2 Å². The molecule has 0 radical (unpaired) electrons. The molecule has 0 bridgehead atoms. The van der Waals surface area contributed by atoms with E-state index < -0.39 is 67.5 Å². The largest absolute Gasteiger partial charge is 0.437 e. The number of ether oxygens (including phenoxy) is 2. The smallest absolute Gasteiger partial charge is 0.315 e. The summed E-state index contributed by atoms with van der Waals surface area (Å²) in [6.07, 6.45) is 1.83. The molecule has 2 atom stereocenters. The van der Waals surface area contributed by atoms with E-state index in [1.807, 2.05) is 0 Å². The first-order valence-electron chi connectivity index (χ1n) is 15.8. The second-order valence-electron chi connectivity index (χ2n) is 16.6. The lowest BCUT2D eigenvalue weighted by Crippen LogP contribution is -2.56. The molecule has 254 valence electrons. The van der Waals surface area contributed by atoms with Crippen molar-refractivity contribution in [2.24, 2.45) is 0 Å². The highest BCUT2D eigenvalue weighted by molar-refractivity contribution is 6.90. The van der Waals surface area contributed by atoms with Gasteiger partial charge in [-0.25, -0.2) is 0 Å². The van der Waals surface area contributed by atoms with E-state index in [9.17, 15) is 0 Å². The highest BCUT2D eigenvalue weighted by Gasteiger charge is 2.45. The molecule has 16 heteroatoms. The zero-order valence-corrected chi connectivity index (χ0v) is 38.9. The van der Waals surface area contributed by atoms with Crippen molar-refractivity contribution in [1.82, 2.24) is 0 Å². The molecule has 2 unspecified atom stereocenters. The molecule has 0 spiro atoms. The molecule has 0 saturated carbocycles. The van der Waals surface area contributed by atoms with Crippen molar-refractivity contribution in [2.45, 2.75) is 143 Å². The minimum absolute atomic E-state index is 0.591. The summed E-state index contributed by atoms with van der Waals surface area (Å²) in [6, 6.07) is 1.82. The van der Waals surface area contributed by atoms with Gasteiger partial charge in [-0.3, -0.25) is 0 Å². The first kappa shape index (κ1) is 43.4. The van der Waals surface area contributed by atoms with Crippen LogP contribution in [0.15, 0.2) is 0 Å². The van der Waals surface area contributed by atoms with E-state index in [4.69, 9.17) is 34.2 Å². The molecule has 0 heterocycles. The van der Waals surface area contributed by atoms with Crippen molar-refractivity contribution in [1.29, 1.82) is 0 Å². The predicted molar refractivity (Wildman–Crippen MR) is 199 cm³/mol. The lowest BCUT2D eigenvalue weighted by Gasteiger charge is -2.41. The van der Waals surface area contributed by atoms with Gasteiger partial charge < -0.3 is 34.2 Å². The molecule has 42 heavy (non-hydrogen) atoms. The van der Waals surface area contributed by atoms with Gasteiger partial charge in [0.1, 0.15) is 0 Å². The second-order valence-corrected chi connectivity index (χ2v) is 49.5. The molecule has 0 N–H and O–H groups in total. The third kappa shape index (κ3) is 24.6. The molecular formula is C26H70O8Si8. The number of rotatable bonds is 23. The Morgan fingerprint density at radius 2 is 0.571 bits per heavy atom. The van der Waals surface area contributed by atoms with Crippen molar-refractivity contribution in [2.75, 3.05) is 26.4 Å². The van der Waals surface area contributed by atoms with Crippen LogP contribution in [0.3, 0.4) is 0 Å². The van der Waals surface area contributed by atoms with E-state index in [1.165, 1.54) is 0 Å². The molecule has 0 aliphatic rings. The standard InChI is InChI=1S/C26H70O8Si8/c1-35(2,3)29-39(13,14)33-41(17,31-37(7,8)9)25-19-21-27-23-24-28-22-20-26-42(18,32-38(10,11)12)34-40(15,16)30-36(4,5)6/h19-26H2,1-18H3. The summed E-state index contributed by atoms with van der Waals surface area (Å²) in [7, 11) is -16.2. The van der Waals surface area contributed by atoms with Gasteiger partial charge in [0.25, 0.3) is 0 Å². The van der Waals surface area contributed by atoms with Gasteiger partial charge in [0.2, 0.25) is 0 Å². The van der Waals surface area contributed by atoms with Crippen molar-refractivity contribution >= 4 is 67.5 Å². The van der Waals surface area contributed by atoms with Crippen LogP contribution in [0, 0.1) is 0 Å². The highest BCUT2D eigenvalue weighted by atomic mass is 28.5. The number of hydrogen-bond donors (Lipinski definition) is 0. The molecule has 0 fully saturated rings. The molecule has 0 aromatic heterocycles. The Bertz CT molecular complexity index is 714. The fourth-order valence-electron chi connectivity index (χ4n) is 5.41. The molecule has 0 rings (SSSR count). The Hall–Kier alpha value is 1.42. The van der Waals surface area contributed by atoms with Crippen LogP contribution in [-0.4, -0.2) is 93.9 Å². The van der Waals surface area contributed by atoms with Gasteiger partial charge in [0, 0.05) is 13.2 Å². The maximum atomic E-state index is 6.77. The van der Waals surface area contributed by atoms with Gasteiger partial charge in [0.15, 0.2) is 33.3 Å². The summed E-state index contributed by atoms with van der Waals surface area (Å²) >= 11 is 0. The van der Waals surface area contributed by atoms with E-state index >= 15 is 0 Å². The van der Waals surface area contributed by atoms with E-state index in [1.54, 1.807) is 0 Å². The van der Waals surface area contributed by atoms with Gasteiger partial charge in [-0.15, -0.1) is 0 Å². The molecule has 0 aromatic carbocycles. The summed E-state index contributed by atoms with van der Waals surface area (Å²) < 4.78 is 51.7. The molecule has 8 nitrogen and oxygen atoms in total. The Kier molecular flexibility index (Phi) is 17.6. The average molecular weight is 736 g/mol. The van der Waals surface area contributed by atoms with E-state index in [-0.39, 0.29) is 0 Å². The van der Waals surface area contributed by atoms with Crippen LogP contribution in [0.25, 0.3) is 0 Å². The predicted octanol–water partition coefficient (Wildman–Crippen LogP) is 8.79. The van der Waals surface area contributed by atoms with Crippen LogP contribution in [0.2, 0.25) is 130 Å². The third-order valence-electron chi connectivity index (χ3n) is 5.28. The van der Waals surface area contributed by atoms with Crippen molar-refractivity contribution in [3.63, 3.8) is 0 Å². The van der Waals surface area contributed by atoms with Crippen LogP contribution in [0.4, 0.5) is 0 Å². The Labute approximate surface area is 269 Å². The van der Waals surface area contributed by atoms with Crippen LogP contribution in [0.1, 0.15) is 12.8 Å². The highest BCUT2D eigenvalue weighted by Crippen LogP contribution is 2.29. The minimum Gasteiger partial charge on any atom is -0.437 e. The summed E-state index contributed by atoms with van der Waals surface area (Å²) in [5, 5.41) is 0. The quantitative estimate of drug-likeness (QED) is 0.0762. The summed E-state index contributed by atoms with van der Waals surface area (Å²) in [4.78, 5) is 0. The first-order chi connectivity index (χ1) is 18.4. The van der Waals surface area contributed by atoms with Gasteiger partial charge in [-0.2, -0.15) is 0 Å². The fraction of sp³-hybridized carbons (Fsp3) is 1.00. The summed E-state index contributed by atoms with van der Waals surface area (Å²) in [6.45, 7) is 42.4. The first-order valence-corrected chi connectivity index (χ1v) is 40.1. The van der Waals surface area contributed by atoms with Gasteiger partial charge in [-0.1, -0.05) is 0 Å². The molecule has 0 aliphatic carbocycles. The van der Waals surface area contributed by atoms with E-state index in [0.717, 1.165) is 24.9 Å². The van der Waals surface area contributed by atoms with E-state index in [2.05, 4.69) is 118 Å². The van der Waals surface area contributed by atoms with Gasteiger partial charge in [0.05, 0.1) is 13.2 Å². The molecule has 0 saturated heterocycles. The SMILES string of the molecule is C[Si](C)(C)O[Si](C)(C)O[Si](C)(CCCOCCOCCC[Si](C)(O[Si](C)(C)C)O[Si](C)(C)O[Si](C)(C)C)O[Si](C)(C)C. The maximum absolute atomic E-state index is 6.77. The molecule has 0 aliphatic heterocycles. The minimum atomic E-state index is -2.38. The summed E-state index contributed by atoms with van der Waals surface area (Å²) in [5.74, 6) is 0. The third-order valence-corrected chi connectivity index (χ3v) is 32.4. The average Bonchev–Trinajstić information content (AvgIpc) is 2.60. The zero-order chi connectivity index (χ0) is 33.3. The van der Waals surface area contributed by atoms with Gasteiger partial charge in [-0.05, 0) is 143 Å². The van der Waals surface area contributed by atoms with Crippen molar-refractivity contribution in [3.05, 3.63) is 0 Å². The van der Waals surface area contributed by atoms with Gasteiger partial charge >= 0.3 is 34.2 Å². The Morgan fingerprint density at radius 1 is 0.310 bits per heavy atom.